The van der Waals surface area contributed by atoms with E-state index in [-0.39, 0.29) is 18.7 Å². The van der Waals surface area contributed by atoms with Crippen molar-refractivity contribution in [1.29, 1.82) is 0 Å². The molecule has 0 aromatic heterocycles. The zero-order valence-electron chi connectivity index (χ0n) is 13.9. The fraction of sp³-hybridized carbons (Fsp3) is 0.222. The number of amides is 2. The minimum atomic E-state index is -4.47. The molecule has 2 aromatic carbocycles. The van der Waals surface area contributed by atoms with Crippen LogP contribution in [0.5, 0.6) is 0 Å². The van der Waals surface area contributed by atoms with Gasteiger partial charge in [0, 0.05) is 18.1 Å². The molecule has 2 rings (SSSR count). The fourth-order valence-corrected chi connectivity index (χ4v) is 2.38. The third kappa shape index (κ3) is 5.97. The molecular formula is C18H16ClF3N2O3. The summed E-state index contributed by atoms with van der Waals surface area (Å²) in [5.74, 6) is -1.90. The lowest BCUT2D eigenvalue weighted by atomic mass is 10.1. The Hall–Kier alpha value is -2.58. The molecule has 1 atom stereocenters. The van der Waals surface area contributed by atoms with Crippen molar-refractivity contribution in [3.8, 4) is 0 Å². The van der Waals surface area contributed by atoms with Crippen LogP contribution in [0.4, 0.5) is 13.2 Å². The zero-order chi connectivity index (χ0) is 20.0. The van der Waals surface area contributed by atoms with Crippen LogP contribution in [0, 0.1) is 0 Å². The van der Waals surface area contributed by atoms with Crippen LogP contribution in [0.15, 0.2) is 48.5 Å². The highest BCUT2D eigenvalue weighted by Gasteiger charge is 2.30. The van der Waals surface area contributed by atoms with E-state index >= 15 is 0 Å². The first-order valence-corrected chi connectivity index (χ1v) is 8.21. The molecule has 0 spiro atoms. The molecular weight excluding hydrogens is 385 g/mol. The minimum absolute atomic E-state index is 0.0490. The molecule has 5 nitrogen and oxygen atoms in total. The number of carbonyl (C=O) groups is 2. The van der Waals surface area contributed by atoms with Crippen LogP contribution in [0.1, 0.15) is 22.8 Å². The van der Waals surface area contributed by atoms with E-state index in [0.717, 1.165) is 24.3 Å². The maximum absolute atomic E-state index is 12.5. The van der Waals surface area contributed by atoms with E-state index in [9.17, 15) is 27.9 Å². The Morgan fingerprint density at radius 2 is 1.59 bits per heavy atom. The highest BCUT2D eigenvalue weighted by atomic mass is 35.5. The predicted octanol–water partition coefficient (Wildman–Crippen LogP) is 2.82. The molecule has 2 amide bonds. The van der Waals surface area contributed by atoms with Crippen LogP contribution in [0.2, 0.25) is 5.02 Å². The van der Waals surface area contributed by atoms with Gasteiger partial charge in [0.25, 0.3) is 0 Å². The van der Waals surface area contributed by atoms with Crippen LogP contribution < -0.4 is 10.6 Å². The van der Waals surface area contributed by atoms with E-state index in [0.29, 0.717) is 10.6 Å². The number of halogens is 4. The quantitative estimate of drug-likeness (QED) is 0.675. The Morgan fingerprint density at radius 3 is 2.19 bits per heavy atom. The van der Waals surface area contributed by atoms with E-state index in [1.54, 1.807) is 24.3 Å². The summed E-state index contributed by atoms with van der Waals surface area (Å²) in [6.45, 7) is -0.281. The number of rotatable bonds is 5. The van der Waals surface area contributed by atoms with Crippen molar-refractivity contribution in [3.05, 3.63) is 70.2 Å². The fourth-order valence-electron chi connectivity index (χ4n) is 2.18. The van der Waals surface area contributed by atoms with E-state index in [1.165, 1.54) is 0 Å². The van der Waals surface area contributed by atoms with E-state index in [4.69, 9.17) is 11.6 Å². The molecule has 0 aliphatic rings. The number of hydrogen-bond acceptors (Lipinski definition) is 3. The lowest BCUT2D eigenvalue weighted by Crippen LogP contribution is -2.41. The van der Waals surface area contributed by atoms with Crippen LogP contribution >= 0.6 is 11.6 Å². The van der Waals surface area contributed by atoms with Crippen molar-refractivity contribution in [3.63, 3.8) is 0 Å². The summed E-state index contributed by atoms with van der Waals surface area (Å²) in [5.41, 5.74) is -0.0358. The molecule has 3 N–H and O–H groups in total. The Labute approximate surface area is 158 Å². The number of benzene rings is 2. The molecule has 0 saturated heterocycles. The van der Waals surface area contributed by atoms with Crippen molar-refractivity contribution in [1.82, 2.24) is 10.6 Å². The number of alkyl halides is 3. The lowest BCUT2D eigenvalue weighted by Gasteiger charge is -2.14. The summed E-state index contributed by atoms with van der Waals surface area (Å²) in [4.78, 5) is 23.5. The monoisotopic (exact) mass is 400 g/mol. The SMILES string of the molecule is O=C(NCc1ccccc1Cl)C(=O)NC[C@H](O)c1ccc(C(F)(F)F)cc1. The average Bonchev–Trinajstić information content (AvgIpc) is 2.64. The van der Waals surface area contributed by atoms with Crippen molar-refractivity contribution in [2.75, 3.05) is 6.54 Å². The molecule has 0 saturated carbocycles. The highest BCUT2D eigenvalue weighted by molar-refractivity contribution is 6.35. The van der Waals surface area contributed by atoms with Gasteiger partial charge < -0.3 is 15.7 Å². The van der Waals surface area contributed by atoms with Gasteiger partial charge in [0.2, 0.25) is 0 Å². The van der Waals surface area contributed by atoms with Gasteiger partial charge in [0.15, 0.2) is 0 Å². The third-order valence-electron chi connectivity index (χ3n) is 3.68. The highest BCUT2D eigenvalue weighted by Crippen LogP contribution is 2.29. The van der Waals surface area contributed by atoms with Gasteiger partial charge in [-0.3, -0.25) is 9.59 Å². The van der Waals surface area contributed by atoms with E-state index in [2.05, 4.69) is 10.6 Å². The predicted molar refractivity (Wildman–Crippen MR) is 92.7 cm³/mol. The first-order chi connectivity index (χ1) is 12.7. The van der Waals surface area contributed by atoms with Gasteiger partial charge in [-0.05, 0) is 29.3 Å². The molecule has 2 aromatic rings. The largest absolute Gasteiger partial charge is 0.416 e. The first-order valence-electron chi connectivity index (χ1n) is 7.83. The zero-order valence-corrected chi connectivity index (χ0v) is 14.6. The molecule has 0 heterocycles. The van der Waals surface area contributed by atoms with Gasteiger partial charge in [-0.1, -0.05) is 41.9 Å². The third-order valence-corrected chi connectivity index (χ3v) is 4.05. The maximum atomic E-state index is 12.5. The smallest absolute Gasteiger partial charge is 0.387 e. The van der Waals surface area contributed by atoms with Gasteiger partial charge in [0.1, 0.15) is 0 Å². The maximum Gasteiger partial charge on any atom is 0.416 e. The van der Waals surface area contributed by atoms with Gasteiger partial charge in [-0.15, -0.1) is 0 Å². The van der Waals surface area contributed by atoms with Crippen molar-refractivity contribution in [2.45, 2.75) is 18.8 Å². The molecule has 0 bridgehead atoms. The van der Waals surface area contributed by atoms with Gasteiger partial charge in [-0.25, -0.2) is 0 Å². The van der Waals surface area contributed by atoms with Crippen molar-refractivity contribution in [2.24, 2.45) is 0 Å². The second-order valence-electron chi connectivity index (χ2n) is 5.62. The topological polar surface area (TPSA) is 78.4 Å². The lowest BCUT2D eigenvalue weighted by molar-refractivity contribution is -0.139. The van der Waals surface area contributed by atoms with Gasteiger partial charge in [-0.2, -0.15) is 13.2 Å². The van der Waals surface area contributed by atoms with Crippen molar-refractivity contribution >= 4 is 23.4 Å². The molecule has 0 aliphatic heterocycles. The summed E-state index contributed by atoms with van der Waals surface area (Å²) >= 11 is 5.94. The normalized spacial score (nSPS) is 12.3. The number of carbonyl (C=O) groups excluding carboxylic acids is 2. The van der Waals surface area contributed by atoms with Crippen LogP contribution in [-0.2, 0) is 22.3 Å². The minimum Gasteiger partial charge on any atom is -0.387 e. The molecule has 0 aliphatic carbocycles. The molecule has 27 heavy (non-hydrogen) atoms. The Bertz CT molecular complexity index is 810. The Morgan fingerprint density at radius 1 is 1.00 bits per heavy atom. The number of hydrogen-bond donors (Lipinski definition) is 3. The molecule has 0 unspecified atom stereocenters. The summed E-state index contributed by atoms with van der Waals surface area (Å²) in [5, 5.41) is 15.0. The number of aliphatic hydroxyl groups is 1. The molecule has 9 heteroatoms. The Kier molecular flexibility index (Phi) is 6.81. The van der Waals surface area contributed by atoms with E-state index < -0.39 is 29.7 Å². The Balaban J connectivity index is 1.83. The van der Waals surface area contributed by atoms with Crippen LogP contribution in [-0.4, -0.2) is 23.5 Å². The van der Waals surface area contributed by atoms with E-state index in [1.807, 2.05) is 0 Å². The summed E-state index contributed by atoms with van der Waals surface area (Å²) in [6, 6.07) is 10.7. The standard InChI is InChI=1S/C18H16ClF3N2O3/c19-14-4-2-1-3-12(14)9-23-16(26)17(27)24-10-15(25)11-5-7-13(8-6-11)18(20,21)22/h1-8,15,25H,9-10H2,(H,23,26)(H,24,27)/t15-/m0/s1. The second kappa shape index (κ2) is 8.88. The van der Waals surface area contributed by atoms with Crippen molar-refractivity contribution < 1.29 is 27.9 Å². The average molecular weight is 401 g/mol. The van der Waals surface area contributed by atoms with Gasteiger partial charge >= 0.3 is 18.0 Å². The molecule has 0 fully saturated rings. The molecule has 144 valence electrons. The number of nitrogens with one attached hydrogen (secondary N) is 2. The van der Waals surface area contributed by atoms with Gasteiger partial charge in [0.05, 0.1) is 11.7 Å². The van der Waals surface area contributed by atoms with Crippen LogP contribution in [0.25, 0.3) is 0 Å². The second-order valence-corrected chi connectivity index (χ2v) is 6.03. The summed E-state index contributed by atoms with van der Waals surface area (Å²) in [7, 11) is 0. The van der Waals surface area contributed by atoms with Crippen LogP contribution in [0.3, 0.4) is 0 Å². The summed E-state index contributed by atoms with van der Waals surface area (Å²) < 4.78 is 37.5. The first kappa shape index (κ1) is 20.7. The molecule has 0 radical (unpaired) electrons. The number of aliphatic hydroxyl groups excluding tert-OH is 1. The summed E-state index contributed by atoms with van der Waals surface area (Å²) in [6.07, 6.45) is -5.73.